The number of carbonyl (C=O) groups excluding carboxylic acids is 2. The van der Waals surface area contributed by atoms with E-state index >= 15 is 0 Å². The van der Waals surface area contributed by atoms with Gasteiger partial charge >= 0.3 is 0 Å². The third-order valence-electron chi connectivity index (χ3n) is 4.21. The molecule has 3 rings (SSSR count). The standard InChI is InChI=1S/C18H21N3O4/c1-12-3-4-15(24-12)5-6-17(22)21-9-7-14(8-10-21)18(23)19-16-11-13(2)25-20-16/h3-6,11,14H,7-10H2,1-2H3,(H,19,20,23)/b6-5+. The zero-order valence-corrected chi connectivity index (χ0v) is 14.3. The fourth-order valence-corrected chi connectivity index (χ4v) is 2.82. The number of nitrogens with zero attached hydrogens (tertiary/aromatic N) is 2. The SMILES string of the molecule is Cc1cc(NC(=O)C2CCN(C(=O)/C=C/c3ccc(C)o3)CC2)no1. The zero-order valence-electron chi connectivity index (χ0n) is 14.3. The first-order chi connectivity index (χ1) is 12.0. The Hall–Kier alpha value is -2.83. The molecule has 1 fully saturated rings. The summed E-state index contributed by atoms with van der Waals surface area (Å²) in [6.07, 6.45) is 4.43. The highest BCUT2D eigenvalue weighted by atomic mass is 16.5. The first-order valence-electron chi connectivity index (χ1n) is 8.29. The number of amides is 2. The summed E-state index contributed by atoms with van der Waals surface area (Å²) in [5.41, 5.74) is 0. The summed E-state index contributed by atoms with van der Waals surface area (Å²) in [6, 6.07) is 5.35. The molecule has 0 unspecified atom stereocenters. The molecule has 7 heteroatoms. The molecule has 0 bridgehead atoms. The molecule has 2 aromatic heterocycles. The lowest BCUT2D eigenvalue weighted by atomic mass is 9.96. The van der Waals surface area contributed by atoms with Crippen molar-refractivity contribution in [3.05, 3.63) is 41.6 Å². The molecule has 3 heterocycles. The molecule has 2 amide bonds. The van der Waals surface area contributed by atoms with Crippen LogP contribution in [-0.4, -0.2) is 35.0 Å². The van der Waals surface area contributed by atoms with Gasteiger partial charge in [0, 0.05) is 31.1 Å². The average Bonchev–Trinajstić information content (AvgIpc) is 3.21. The largest absolute Gasteiger partial charge is 0.462 e. The first kappa shape index (κ1) is 17.0. The van der Waals surface area contributed by atoms with E-state index in [1.165, 1.54) is 6.08 Å². The Morgan fingerprint density at radius 3 is 2.60 bits per heavy atom. The minimum absolute atomic E-state index is 0.0694. The third-order valence-corrected chi connectivity index (χ3v) is 4.21. The normalized spacial score (nSPS) is 15.7. The molecule has 0 spiro atoms. The number of hydrogen-bond donors (Lipinski definition) is 1. The summed E-state index contributed by atoms with van der Waals surface area (Å²) in [7, 11) is 0. The van der Waals surface area contributed by atoms with Crippen molar-refractivity contribution in [1.29, 1.82) is 0 Å². The van der Waals surface area contributed by atoms with E-state index in [1.54, 1.807) is 24.0 Å². The van der Waals surface area contributed by atoms with Crippen LogP contribution in [0.15, 0.2) is 33.2 Å². The van der Waals surface area contributed by atoms with E-state index in [9.17, 15) is 9.59 Å². The van der Waals surface area contributed by atoms with E-state index in [0.717, 1.165) is 5.76 Å². The minimum Gasteiger partial charge on any atom is -0.462 e. The zero-order chi connectivity index (χ0) is 17.8. The van der Waals surface area contributed by atoms with Gasteiger partial charge in [0.15, 0.2) is 5.82 Å². The van der Waals surface area contributed by atoms with E-state index < -0.39 is 0 Å². The van der Waals surface area contributed by atoms with E-state index in [1.807, 2.05) is 19.1 Å². The van der Waals surface area contributed by atoms with Crippen molar-refractivity contribution in [2.24, 2.45) is 5.92 Å². The van der Waals surface area contributed by atoms with Crippen LogP contribution in [-0.2, 0) is 9.59 Å². The number of hydrogen-bond acceptors (Lipinski definition) is 5. The Kier molecular flexibility index (Phi) is 5.02. The second kappa shape index (κ2) is 7.38. The van der Waals surface area contributed by atoms with Crippen LogP contribution in [0.25, 0.3) is 6.08 Å². The van der Waals surface area contributed by atoms with Gasteiger partial charge in [-0.3, -0.25) is 9.59 Å². The van der Waals surface area contributed by atoms with Gasteiger partial charge in [0.2, 0.25) is 11.8 Å². The topological polar surface area (TPSA) is 88.6 Å². The lowest BCUT2D eigenvalue weighted by Gasteiger charge is -2.30. The molecule has 132 valence electrons. The molecule has 0 aromatic carbocycles. The lowest BCUT2D eigenvalue weighted by molar-refractivity contribution is -0.130. The van der Waals surface area contributed by atoms with Gasteiger partial charge in [0.05, 0.1) is 0 Å². The molecule has 0 aliphatic carbocycles. The van der Waals surface area contributed by atoms with Gasteiger partial charge in [0.25, 0.3) is 0 Å². The van der Waals surface area contributed by atoms with Crippen molar-refractivity contribution in [3.63, 3.8) is 0 Å². The van der Waals surface area contributed by atoms with Gasteiger partial charge < -0.3 is 19.2 Å². The maximum absolute atomic E-state index is 12.2. The van der Waals surface area contributed by atoms with Gasteiger partial charge in [-0.1, -0.05) is 5.16 Å². The third kappa shape index (κ3) is 4.37. The molecule has 1 N–H and O–H groups in total. The Bertz CT molecular complexity index is 782. The molecular formula is C18H21N3O4. The molecule has 7 nitrogen and oxygen atoms in total. The molecule has 0 saturated carbocycles. The fraction of sp³-hybridized carbons (Fsp3) is 0.389. The number of nitrogens with one attached hydrogen (secondary N) is 1. The molecule has 25 heavy (non-hydrogen) atoms. The number of anilines is 1. The molecule has 1 saturated heterocycles. The van der Waals surface area contributed by atoms with Crippen molar-refractivity contribution in [2.75, 3.05) is 18.4 Å². The van der Waals surface area contributed by atoms with Gasteiger partial charge in [-0.15, -0.1) is 0 Å². The van der Waals surface area contributed by atoms with Crippen molar-refractivity contribution in [3.8, 4) is 0 Å². The fourth-order valence-electron chi connectivity index (χ4n) is 2.82. The summed E-state index contributed by atoms with van der Waals surface area (Å²) in [4.78, 5) is 26.2. The summed E-state index contributed by atoms with van der Waals surface area (Å²) < 4.78 is 10.3. The van der Waals surface area contributed by atoms with Crippen LogP contribution in [0.2, 0.25) is 0 Å². The maximum Gasteiger partial charge on any atom is 0.246 e. The number of aromatic nitrogens is 1. The van der Waals surface area contributed by atoms with Crippen molar-refractivity contribution < 1.29 is 18.5 Å². The Morgan fingerprint density at radius 1 is 1.24 bits per heavy atom. The maximum atomic E-state index is 12.2. The van der Waals surface area contributed by atoms with Crippen LogP contribution >= 0.6 is 0 Å². The average molecular weight is 343 g/mol. The molecule has 0 atom stereocenters. The minimum atomic E-state index is -0.127. The van der Waals surface area contributed by atoms with Gasteiger partial charge in [-0.05, 0) is 44.9 Å². The number of rotatable bonds is 4. The number of aryl methyl sites for hydroxylation is 2. The number of likely N-dealkylation sites (tertiary alicyclic amines) is 1. The van der Waals surface area contributed by atoms with Crippen molar-refractivity contribution in [2.45, 2.75) is 26.7 Å². The summed E-state index contributed by atoms with van der Waals surface area (Å²) in [5.74, 6) is 2.26. The predicted octanol–water partition coefficient (Wildman–Crippen LogP) is 2.77. The predicted molar refractivity (Wildman–Crippen MR) is 91.7 cm³/mol. The van der Waals surface area contributed by atoms with E-state index in [2.05, 4.69) is 10.5 Å². The molecule has 1 aliphatic rings. The number of carbonyl (C=O) groups is 2. The van der Waals surface area contributed by atoms with Crippen LogP contribution in [0.1, 0.15) is 30.1 Å². The van der Waals surface area contributed by atoms with Crippen LogP contribution < -0.4 is 5.32 Å². The quantitative estimate of drug-likeness (QED) is 0.862. The van der Waals surface area contributed by atoms with Crippen LogP contribution in [0.4, 0.5) is 5.82 Å². The summed E-state index contributed by atoms with van der Waals surface area (Å²) in [6.45, 7) is 4.73. The monoisotopic (exact) mass is 343 g/mol. The molecule has 2 aromatic rings. The van der Waals surface area contributed by atoms with Gasteiger partial charge in [0.1, 0.15) is 17.3 Å². The summed E-state index contributed by atoms with van der Waals surface area (Å²) >= 11 is 0. The lowest BCUT2D eigenvalue weighted by Crippen LogP contribution is -2.40. The second-order valence-electron chi connectivity index (χ2n) is 6.19. The van der Waals surface area contributed by atoms with E-state index in [-0.39, 0.29) is 17.7 Å². The number of piperidine rings is 1. The second-order valence-corrected chi connectivity index (χ2v) is 6.19. The molecule has 0 radical (unpaired) electrons. The van der Waals surface area contributed by atoms with E-state index in [0.29, 0.717) is 43.3 Å². The highest BCUT2D eigenvalue weighted by Gasteiger charge is 2.27. The summed E-state index contributed by atoms with van der Waals surface area (Å²) in [5, 5.41) is 6.51. The Morgan fingerprint density at radius 2 is 2.00 bits per heavy atom. The Labute approximate surface area is 145 Å². The highest BCUT2D eigenvalue weighted by Crippen LogP contribution is 2.20. The highest BCUT2D eigenvalue weighted by molar-refractivity contribution is 5.93. The van der Waals surface area contributed by atoms with Crippen LogP contribution in [0.3, 0.4) is 0 Å². The smallest absolute Gasteiger partial charge is 0.246 e. The van der Waals surface area contributed by atoms with Gasteiger partial charge in [-0.2, -0.15) is 0 Å². The first-order valence-corrected chi connectivity index (χ1v) is 8.29. The molecular weight excluding hydrogens is 322 g/mol. The van der Waals surface area contributed by atoms with Crippen molar-refractivity contribution >= 4 is 23.7 Å². The number of furan rings is 1. The van der Waals surface area contributed by atoms with E-state index in [4.69, 9.17) is 8.94 Å². The van der Waals surface area contributed by atoms with Crippen LogP contribution in [0, 0.1) is 19.8 Å². The Balaban J connectivity index is 1.48. The molecule has 1 aliphatic heterocycles. The van der Waals surface area contributed by atoms with Crippen LogP contribution in [0.5, 0.6) is 0 Å². The van der Waals surface area contributed by atoms with Crippen molar-refractivity contribution in [1.82, 2.24) is 10.1 Å². The van der Waals surface area contributed by atoms with Gasteiger partial charge in [-0.25, -0.2) is 0 Å².